The molecule has 4 rings (SSSR count). The van der Waals surface area contributed by atoms with Gasteiger partial charge in [0, 0.05) is 31.2 Å². The van der Waals surface area contributed by atoms with Crippen LogP contribution in [0.4, 0.5) is 0 Å². The number of rotatable bonds is 6. The van der Waals surface area contributed by atoms with E-state index in [4.69, 9.17) is 14.5 Å². The highest BCUT2D eigenvalue weighted by molar-refractivity contribution is 5.81. The molecule has 6 nitrogen and oxygen atoms in total. The van der Waals surface area contributed by atoms with E-state index in [0.717, 1.165) is 60.9 Å². The lowest BCUT2D eigenvalue weighted by Gasteiger charge is -2.26. The van der Waals surface area contributed by atoms with Gasteiger partial charge in [-0.3, -0.25) is 9.58 Å². The summed E-state index contributed by atoms with van der Waals surface area (Å²) in [7, 11) is 0. The van der Waals surface area contributed by atoms with Crippen LogP contribution >= 0.6 is 0 Å². The lowest BCUT2D eigenvalue weighted by atomic mass is 10.1. The number of ether oxygens (including phenoxy) is 2. The molecule has 0 aliphatic carbocycles. The molecular weight excluding hydrogens is 352 g/mol. The number of aryl methyl sites for hydroxylation is 1. The predicted octanol–water partition coefficient (Wildman–Crippen LogP) is 3.70. The number of aromatic nitrogens is 3. The van der Waals surface area contributed by atoms with Crippen LogP contribution in [-0.4, -0.2) is 59.1 Å². The van der Waals surface area contributed by atoms with Gasteiger partial charge < -0.3 is 9.47 Å². The standard InChI is InChI=1S/C22H28N4O2/c1-16(2)26-22-17(3)14-20(24-21(22)15-23-26)18-4-6-19(7-5-18)28-13-10-25-8-11-27-12-9-25/h4-7,14-16H,8-13H2,1-3H3. The number of hydrogen-bond acceptors (Lipinski definition) is 5. The van der Waals surface area contributed by atoms with Crippen molar-refractivity contribution in [3.05, 3.63) is 42.1 Å². The summed E-state index contributed by atoms with van der Waals surface area (Å²) < 4.78 is 13.3. The number of benzene rings is 1. The Morgan fingerprint density at radius 2 is 1.89 bits per heavy atom. The van der Waals surface area contributed by atoms with Crippen LogP contribution in [0.2, 0.25) is 0 Å². The van der Waals surface area contributed by atoms with Crippen molar-refractivity contribution in [3.8, 4) is 17.0 Å². The van der Waals surface area contributed by atoms with Crippen molar-refractivity contribution >= 4 is 11.0 Å². The van der Waals surface area contributed by atoms with Gasteiger partial charge in [0.05, 0.1) is 30.6 Å². The third-order valence-corrected chi connectivity index (χ3v) is 5.16. The smallest absolute Gasteiger partial charge is 0.119 e. The minimum Gasteiger partial charge on any atom is -0.492 e. The molecule has 6 heteroatoms. The van der Waals surface area contributed by atoms with E-state index in [0.29, 0.717) is 12.6 Å². The molecule has 0 spiro atoms. The van der Waals surface area contributed by atoms with E-state index in [9.17, 15) is 0 Å². The van der Waals surface area contributed by atoms with E-state index in [1.54, 1.807) is 0 Å². The van der Waals surface area contributed by atoms with Gasteiger partial charge in [0.25, 0.3) is 0 Å². The molecule has 3 aromatic rings. The van der Waals surface area contributed by atoms with Crippen LogP contribution in [0.5, 0.6) is 5.75 Å². The molecule has 3 heterocycles. The highest BCUT2D eigenvalue weighted by Gasteiger charge is 2.13. The van der Waals surface area contributed by atoms with Crippen molar-refractivity contribution in [2.75, 3.05) is 39.5 Å². The summed E-state index contributed by atoms with van der Waals surface area (Å²) in [6.45, 7) is 11.6. The second-order valence-corrected chi connectivity index (χ2v) is 7.57. The fraction of sp³-hybridized carbons (Fsp3) is 0.455. The second kappa shape index (κ2) is 8.29. The second-order valence-electron chi connectivity index (χ2n) is 7.57. The summed E-state index contributed by atoms with van der Waals surface area (Å²) in [6, 6.07) is 10.6. The maximum absolute atomic E-state index is 5.91. The zero-order valence-corrected chi connectivity index (χ0v) is 16.9. The summed E-state index contributed by atoms with van der Waals surface area (Å²) in [5.41, 5.74) is 5.30. The van der Waals surface area contributed by atoms with Gasteiger partial charge >= 0.3 is 0 Å². The molecule has 1 aromatic carbocycles. The van der Waals surface area contributed by atoms with Gasteiger partial charge in [-0.15, -0.1) is 0 Å². The Bertz CT molecular complexity index is 928. The largest absolute Gasteiger partial charge is 0.492 e. The first kappa shape index (κ1) is 18.9. The molecule has 1 aliphatic rings. The molecule has 0 N–H and O–H groups in total. The lowest BCUT2D eigenvalue weighted by Crippen LogP contribution is -2.38. The number of morpholine rings is 1. The molecule has 148 valence electrons. The minimum absolute atomic E-state index is 0.317. The van der Waals surface area contributed by atoms with Crippen LogP contribution in [0.3, 0.4) is 0 Å². The van der Waals surface area contributed by atoms with Crippen LogP contribution in [-0.2, 0) is 4.74 Å². The average molecular weight is 380 g/mol. The van der Waals surface area contributed by atoms with Crippen molar-refractivity contribution in [2.45, 2.75) is 26.8 Å². The summed E-state index contributed by atoms with van der Waals surface area (Å²) in [4.78, 5) is 7.19. The Hall–Kier alpha value is -2.44. The number of fused-ring (bicyclic) bond motifs is 1. The van der Waals surface area contributed by atoms with E-state index < -0.39 is 0 Å². The molecule has 2 aromatic heterocycles. The van der Waals surface area contributed by atoms with Gasteiger partial charge in [0.1, 0.15) is 17.9 Å². The first-order valence-corrected chi connectivity index (χ1v) is 10.00. The SMILES string of the molecule is Cc1cc(-c2ccc(OCCN3CCOCC3)cc2)nc2cnn(C(C)C)c12. The first-order valence-electron chi connectivity index (χ1n) is 10.00. The number of nitrogens with zero attached hydrogens (tertiary/aromatic N) is 4. The van der Waals surface area contributed by atoms with Crippen LogP contribution in [0, 0.1) is 6.92 Å². The minimum atomic E-state index is 0.317. The summed E-state index contributed by atoms with van der Waals surface area (Å²) >= 11 is 0. The van der Waals surface area contributed by atoms with Crippen molar-refractivity contribution in [1.82, 2.24) is 19.7 Å². The highest BCUT2D eigenvalue weighted by Crippen LogP contribution is 2.27. The maximum atomic E-state index is 5.91. The van der Waals surface area contributed by atoms with Crippen molar-refractivity contribution in [2.24, 2.45) is 0 Å². The monoisotopic (exact) mass is 380 g/mol. The van der Waals surface area contributed by atoms with Gasteiger partial charge in [0.2, 0.25) is 0 Å². The number of pyridine rings is 1. The van der Waals surface area contributed by atoms with Crippen LogP contribution < -0.4 is 4.74 Å². The lowest BCUT2D eigenvalue weighted by molar-refractivity contribution is 0.0322. The highest BCUT2D eigenvalue weighted by atomic mass is 16.5. The van der Waals surface area contributed by atoms with Gasteiger partial charge in [-0.1, -0.05) is 0 Å². The molecule has 0 atom stereocenters. The topological polar surface area (TPSA) is 52.4 Å². The Morgan fingerprint density at radius 1 is 1.14 bits per heavy atom. The fourth-order valence-corrected chi connectivity index (χ4v) is 3.63. The molecular formula is C22H28N4O2. The van der Waals surface area contributed by atoms with Crippen LogP contribution in [0.25, 0.3) is 22.3 Å². The molecule has 0 amide bonds. The molecule has 28 heavy (non-hydrogen) atoms. The van der Waals surface area contributed by atoms with E-state index >= 15 is 0 Å². The van der Waals surface area contributed by atoms with E-state index in [1.807, 2.05) is 23.0 Å². The summed E-state index contributed by atoms with van der Waals surface area (Å²) in [6.07, 6.45) is 1.86. The molecule has 0 saturated carbocycles. The zero-order valence-electron chi connectivity index (χ0n) is 16.9. The normalized spacial score (nSPS) is 15.4. The molecule has 1 saturated heterocycles. The van der Waals surface area contributed by atoms with E-state index in [2.05, 4.69) is 49.0 Å². The van der Waals surface area contributed by atoms with Gasteiger partial charge in [-0.25, -0.2) is 4.98 Å². The summed E-state index contributed by atoms with van der Waals surface area (Å²) in [5.74, 6) is 0.891. The van der Waals surface area contributed by atoms with Crippen molar-refractivity contribution in [3.63, 3.8) is 0 Å². The molecule has 0 unspecified atom stereocenters. The third kappa shape index (κ3) is 4.03. The van der Waals surface area contributed by atoms with Crippen molar-refractivity contribution < 1.29 is 9.47 Å². The zero-order chi connectivity index (χ0) is 19.5. The van der Waals surface area contributed by atoms with Crippen molar-refractivity contribution in [1.29, 1.82) is 0 Å². The molecule has 0 radical (unpaired) electrons. The van der Waals surface area contributed by atoms with E-state index in [1.165, 1.54) is 5.56 Å². The fourth-order valence-electron chi connectivity index (χ4n) is 3.63. The maximum Gasteiger partial charge on any atom is 0.119 e. The molecule has 1 aliphatic heterocycles. The van der Waals surface area contributed by atoms with Gasteiger partial charge in [-0.05, 0) is 56.7 Å². The number of hydrogen-bond donors (Lipinski definition) is 0. The Kier molecular flexibility index (Phi) is 5.59. The summed E-state index contributed by atoms with van der Waals surface area (Å²) in [5, 5.41) is 4.50. The third-order valence-electron chi connectivity index (χ3n) is 5.16. The quantitative estimate of drug-likeness (QED) is 0.653. The van der Waals surface area contributed by atoms with Gasteiger partial charge in [0.15, 0.2) is 0 Å². The average Bonchev–Trinajstić information content (AvgIpc) is 3.14. The van der Waals surface area contributed by atoms with E-state index in [-0.39, 0.29) is 0 Å². The Morgan fingerprint density at radius 3 is 2.61 bits per heavy atom. The molecule has 1 fully saturated rings. The first-order chi connectivity index (χ1) is 13.6. The van der Waals surface area contributed by atoms with Crippen LogP contribution in [0.1, 0.15) is 25.5 Å². The molecule has 0 bridgehead atoms. The van der Waals surface area contributed by atoms with Gasteiger partial charge in [-0.2, -0.15) is 5.10 Å². The predicted molar refractivity (Wildman–Crippen MR) is 111 cm³/mol. The van der Waals surface area contributed by atoms with Crippen LogP contribution in [0.15, 0.2) is 36.5 Å². The Labute approximate surface area is 166 Å². The Balaban J connectivity index is 1.44.